The molecule has 0 aliphatic heterocycles. The highest BCUT2D eigenvalue weighted by atomic mass is 14.3. The van der Waals surface area contributed by atoms with Crippen LogP contribution in [0.4, 0.5) is 0 Å². The van der Waals surface area contributed by atoms with E-state index in [-0.39, 0.29) is 0 Å². The minimum atomic E-state index is 0.685. The van der Waals surface area contributed by atoms with Gasteiger partial charge in [0.05, 0.1) is 0 Å². The molecular formula is C30H38. The Morgan fingerprint density at radius 2 is 1.40 bits per heavy atom. The zero-order chi connectivity index (χ0) is 20.8. The first-order chi connectivity index (χ1) is 14.7. The van der Waals surface area contributed by atoms with E-state index in [1.54, 1.807) is 0 Å². The molecule has 0 amide bonds. The smallest absolute Gasteiger partial charge is 0.00531 e. The number of rotatable bonds is 6. The predicted octanol–water partition coefficient (Wildman–Crippen LogP) is 8.87. The fourth-order valence-corrected chi connectivity index (χ4v) is 5.31. The van der Waals surface area contributed by atoms with Crippen molar-refractivity contribution in [1.29, 1.82) is 0 Å². The summed E-state index contributed by atoms with van der Waals surface area (Å²) in [5, 5.41) is 0. The predicted molar refractivity (Wildman–Crippen MR) is 131 cm³/mol. The molecule has 0 aromatic heterocycles. The van der Waals surface area contributed by atoms with Crippen LogP contribution in [-0.4, -0.2) is 0 Å². The molecule has 0 heteroatoms. The van der Waals surface area contributed by atoms with Gasteiger partial charge >= 0.3 is 0 Å². The summed E-state index contributed by atoms with van der Waals surface area (Å²) >= 11 is 0. The van der Waals surface area contributed by atoms with Crippen LogP contribution in [0.3, 0.4) is 0 Å². The monoisotopic (exact) mass is 398 g/mol. The molecule has 2 aliphatic rings. The van der Waals surface area contributed by atoms with Crippen molar-refractivity contribution in [1.82, 2.24) is 0 Å². The van der Waals surface area contributed by atoms with Gasteiger partial charge in [0, 0.05) is 0 Å². The topological polar surface area (TPSA) is 0 Å². The molecule has 0 spiro atoms. The Morgan fingerprint density at radius 3 is 2.00 bits per heavy atom. The van der Waals surface area contributed by atoms with E-state index in [0.29, 0.717) is 5.92 Å². The average Bonchev–Trinajstić information content (AvgIpc) is 2.80. The van der Waals surface area contributed by atoms with Crippen molar-refractivity contribution in [3.8, 4) is 11.1 Å². The Hall–Kier alpha value is -2.08. The maximum absolute atomic E-state index is 2.55. The maximum atomic E-state index is 2.55. The Balaban J connectivity index is 1.27. The second-order valence-corrected chi connectivity index (χ2v) is 9.66. The lowest BCUT2D eigenvalue weighted by atomic mass is 9.78. The van der Waals surface area contributed by atoms with Crippen LogP contribution < -0.4 is 0 Å². The van der Waals surface area contributed by atoms with Gasteiger partial charge in [-0.15, -0.1) is 0 Å². The van der Waals surface area contributed by atoms with Crippen molar-refractivity contribution in [2.24, 2.45) is 17.8 Å². The van der Waals surface area contributed by atoms with Crippen LogP contribution in [0.5, 0.6) is 0 Å². The Labute approximate surface area is 184 Å². The molecule has 158 valence electrons. The zero-order valence-corrected chi connectivity index (χ0v) is 18.9. The Bertz CT molecular complexity index is 829. The van der Waals surface area contributed by atoms with Crippen molar-refractivity contribution >= 4 is 0 Å². The molecule has 1 saturated carbocycles. The number of benzene rings is 2. The summed E-state index contributed by atoms with van der Waals surface area (Å²) in [6, 6.07) is 18.2. The van der Waals surface area contributed by atoms with Crippen molar-refractivity contribution in [2.45, 2.75) is 71.1 Å². The molecule has 0 N–H and O–H groups in total. The van der Waals surface area contributed by atoms with Crippen LogP contribution in [0, 0.1) is 24.7 Å². The van der Waals surface area contributed by atoms with Gasteiger partial charge in [0.25, 0.3) is 0 Å². The third kappa shape index (κ3) is 5.54. The molecule has 2 aromatic rings. The Kier molecular flexibility index (Phi) is 7.26. The largest absolute Gasteiger partial charge is 0.0848 e. The number of aryl methyl sites for hydroxylation is 1. The SMILES string of the molecule is CCCC1C=CC(/C=C/C2CCC(c3ccc(-c4ccc(C)cc4)cc3)CC2)CC1. The lowest BCUT2D eigenvalue weighted by Gasteiger charge is -2.28. The zero-order valence-electron chi connectivity index (χ0n) is 18.9. The lowest BCUT2D eigenvalue weighted by Crippen LogP contribution is -2.12. The third-order valence-corrected chi connectivity index (χ3v) is 7.33. The highest BCUT2D eigenvalue weighted by Gasteiger charge is 2.21. The fourth-order valence-electron chi connectivity index (χ4n) is 5.31. The Morgan fingerprint density at radius 1 is 0.733 bits per heavy atom. The fraction of sp³-hybridized carbons (Fsp3) is 0.467. The van der Waals surface area contributed by atoms with Crippen molar-refractivity contribution in [3.63, 3.8) is 0 Å². The standard InChI is InChI=1S/C30H38/c1-3-4-24-7-9-25(10-8-24)11-12-26-13-17-28(18-14-26)30-21-19-29(20-22-30)27-15-5-23(2)6-16-27/h5-7,9,11-12,15-16,19-22,24-26,28H,3-4,8,10,13-14,17-18H2,1-2H3/b12-11+. The van der Waals surface area contributed by atoms with Gasteiger partial charge in [0.15, 0.2) is 0 Å². The number of allylic oxidation sites excluding steroid dienone is 4. The average molecular weight is 399 g/mol. The molecular weight excluding hydrogens is 360 g/mol. The molecule has 2 atom stereocenters. The molecule has 0 bridgehead atoms. The van der Waals surface area contributed by atoms with Gasteiger partial charge in [-0.3, -0.25) is 0 Å². The van der Waals surface area contributed by atoms with E-state index in [4.69, 9.17) is 0 Å². The summed E-state index contributed by atoms with van der Waals surface area (Å²) in [5.41, 5.74) is 5.50. The minimum Gasteiger partial charge on any atom is -0.0848 e. The second-order valence-electron chi connectivity index (χ2n) is 9.66. The summed E-state index contributed by atoms with van der Waals surface area (Å²) < 4.78 is 0. The first-order valence-electron chi connectivity index (χ1n) is 12.2. The molecule has 4 rings (SSSR count). The van der Waals surface area contributed by atoms with Gasteiger partial charge in [-0.25, -0.2) is 0 Å². The highest BCUT2D eigenvalue weighted by molar-refractivity contribution is 5.64. The molecule has 2 aromatic carbocycles. The van der Waals surface area contributed by atoms with Crippen molar-refractivity contribution in [3.05, 3.63) is 84.0 Å². The first kappa shape index (κ1) is 21.2. The van der Waals surface area contributed by atoms with Gasteiger partial charge in [-0.2, -0.15) is 0 Å². The van der Waals surface area contributed by atoms with E-state index in [1.165, 1.54) is 73.6 Å². The molecule has 0 nitrogen and oxygen atoms in total. The molecule has 2 aliphatic carbocycles. The highest BCUT2D eigenvalue weighted by Crippen LogP contribution is 2.37. The van der Waals surface area contributed by atoms with E-state index < -0.39 is 0 Å². The third-order valence-electron chi connectivity index (χ3n) is 7.33. The van der Waals surface area contributed by atoms with Gasteiger partial charge in [0.1, 0.15) is 0 Å². The summed E-state index contributed by atoms with van der Waals surface area (Å²) in [4.78, 5) is 0. The summed E-state index contributed by atoms with van der Waals surface area (Å²) in [7, 11) is 0. The minimum absolute atomic E-state index is 0.685. The van der Waals surface area contributed by atoms with Crippen LogP contribution >= 0.6 is 0 Å². The van der Waals surface area contributed by atoms with Gasteiger partial charge in [0.2, 0.25) is 0 Å². The molecule has 0 radical (unpaired) electrons. The summed E-state index contributed by atoms with van der Waals surface area (Å²) in [6.07, 6.45) is 20.8. The number of hydrogen-bond donors (Lipinski definition) is 0. The van der Waals surface area contributed by atoms with E-state index in [2.05, 4.69) is 86.7 Å². The van der Waals surface area contributed by atoms with Crippen LogP contribution in [-0.2, 0) is 0 Å². The van der Waals surface area contributed by atoms with E-state index in [9.17, 15) is 0 Å². The quantitative estimate of drug-likeness (QED) is 0.426. The molecule has 2 unspecified atom stereocenters. The van der Waals surface area contributed by atoms with Crippen LogP contribution in [0.2, 0.25) is 0 Å². The van der Waals surface area contributed by atoms with E-state index in [1.807, 2.05) is 0 Å². The van der Waals surface area contributed by atoms with Crippen molar-refractivity contribution in [2.75, 3.05) is 0 Å². The van der Waals surface area contributed by atoms with Crippen LogP contribution in [0.1, 0.15) is 75.3 Å². The van der Waals surface area contributed by atoms with E-state index in [0.717, 1.165) is 17.8 Å². The maximum Gasteiger partial charge on any atom is -0.00531 e. The normalized spacial score (nSPS) is 26.9. The van der Waals surface area contributed by atoms with Crippen LogP contribution in [0.25, 0.3) is 11.1 Å². The van der Waals surface area contributed by atoms with Crippen molar-refractivity contribution < 1.29 is 0 Å². The lowest BCUT2D eigenvalue weighted by molar-refractivity contribution is 0.374. The van der Waals surface area contributed by atoms with Gasteiger partial charge < -0.3 is 0 Å². The van der Waals surface area contributed by atoms with E-state index >= 15 is 0 Å². The summed E-state index contributed by atoms with van der Waals surface area (Å²) in [5.74, 6) is 3.05. The number of hydrogen-bond acceptors (Lipinski definition) is 0. The van der Waals surface area contributed by atoms with Gasteiger partial charge in [-0.1, -0.05) is 91.7 Å². The molecule has 0 saturated heterocycles. The molecule has 1 fully saturated rings. The molecule has 30 heavy (non-hydrogen) atoms. The van der Waals surface area contributed by atoms with Gasteiger partial charge in [-0.05, 0) is 92.2 Å². The molecule has 0 heterocycles. The first-order valence-corrected chi connectivity index (χ1v) is 12.2. The van der Waals surface area contributed by atoms with Crippen LogP contribution in [0.15, 0.2) is 72.8 Å². The second kappa shape index (κ2) is 10.3. The summed E-state index contributed by atoms with van der Waals surface area (Å²) in [6.45, 7) is 4.45.